The van der Waals surface area contributed by atoms with Gasteiger partial charge in [-0.2, -0.15) is 0 Å². The minimum Gasteiger partial charge on any atom is -0.396 e. The lowest BCUT2D eigenvalue weighted by molar-refractivity contribution is -0.0450. The first-order valence-corrected chi connectivity index (χ1v) is 9.61. The van der Waals surface area contributed by atoms with E-state index in [1.54, 1.807) is 0 Å². The van der Waals surface area contributed by atoms with Crippen LogP contribution in [0.25, 0.3) is 0 Å². The Labute approximate surface area is 141 Å². The molecule has 2 unspecified atom stereocenters. The van der Waals surface area contributed by atoms with E-state index in [-0.39, 0.29) is 0 Å². The molecule has 1 N–H and O–H groups in total. The molecule has 1 aliphatic heterocycles. The molecule has 2 fully saturated rings. The van der Waals surface area contributed by atoms with Gasteiger partial charge in [0.15, 0.2) is 0 Å². The average molecular weight is 316 g/mol. The third-order valence-corrected chi connectivity index (χ3v) is 5.98. The Kier molecular flexibility index (Phi) is 6.13. The highest BCUT2D eigenvalue weighted by molar-refractivity contribution is 5.26. The molecule has 0 aromatic heterocycles. The van der Waals surface area contributed by atoms with Gasteiger partial charge in [-0.05, 0) is 67.9 Å². The van der Waals surface area contributed by atoms with E-state index in [0.717, 1.165) is 12.5 Å². The van der Waals surface area contributed by atoms with Crippen LogP contribution in [0.2, 0.25) is 0 Å². The zero-order valence-corrected chi connectivity index (χ0v) is 14.5. The average Bonchev–Trinajstić information content (AvgIpc) is 2.63. The molecule has 0 radical (unpaired) electrons. The summed E-state index contributed by atoms with van der Waals surface area (Å²) >= 11 is 0. The van der Waals surface area contributed by atoms with E-state index in [1.165, 1.54) is 62.5 Å². The van der Waals surface area contributed by atoms with Crippen LogP contribution in [0.15, 0.2) is 24.3 Å². The molecule has 2 aliphatic rings. The molecule has 1 aliphatic carbocycles. The number of hydrogen-bond donors (Lipinski definition) is 1. The van der Waals surface area contributed by atoms with Gasteiger partial charge in [-0.1, -0.05) is 37.6 Å². The maximum atomic E-state index is 9.27. The van der Waals surface area contributed by atoms with Crippen molar-refractivity contribution in [3.05, 3.63) is 35.4 Å². The van der Waals surface area contributed by atoms with Gasteiger partial charge in [0.25, 0.3) is 0 Å². The molecule has 3 rings (SSSR count). The summed E-state index contributed by atoms with van der Waals surface area (Å²) in [5, 5.41) is 9.27. The molecule has 2 nitrogen and oxygen atoms in total. The summed E-state index contributed by atoms with van der Waals surface area (Å²) in [6.07, 6.45) is 10.2. The van der Waals surface area contributed by atoms with Crippen LogP contribution in [0.1, 0.15) is 68.9 Å². The fourth-order valence-electron chi connectivity index (χ4n) is 4.39. The maximum Gasteiger partial charge on any atom is 0.0603 e. The Morgan fingerprint density at radius 1 is 1.00 bits per heavy atom. The molecule has 1 aromatic rings. The van der Waals surface area contributed by atoms with Crippen LogP contribution in [-0.2, 0) is 11.2 Å². The molecule has 2 atom stereocenters. The van der Waals surface area contributed by atoms with Gasteiger partial charge in [0, 0.05) is 12.5 Å². The highest BCUT2D eigenvalue weighted by Crippen LogP contribution is 2.37. The minimum atomic E-state index is 0.369. The Balaban J connectivity index is 1.48. The Hall–Kier alpha value is -0.860. The van der Waals surface area contributed by atoms with Crippen LogP contribution in [0.4, 0.5) is 0 Å². The van der Waals surface area contributed by atoms with Gasteiger partial charge in [0.05, 0.1) is 12.7 Å². The van der Waals surface area contributed by atoms with Crippen molar-refractivity contribution in [3.63, 3.8) is 0 Å². The summed E-state index contributed by atoms with van der Waals surface area (Å²) in [7, 11) is 0. The summed E-state index contributed by atoms with van der Waals surface area (Å²) in [5.41, 5.74) is 2.90. The van der Waals surface area contributed by atoms with Gasteiger partial charge in [-0.3, -0.25) is 0 Å². The van der Waals surface area contributed by atoms with Crippen molar-refractivity contribution in [3.8, 4) is 0 Å². The number of benzene rings is 1. The van der Waals surface area contributed by atoms with Crippen molar-refractivity contribution in [2.75, 3.05) is 13.2 Å². The van der Waals surface area contributed by atoms with Gasteiger partial charge >= 0.3 is 0 Å². The normalized spacial score (nSPS) is 31.9. The summed E-state index contributed by atoms with van der Waals surface area (Å²) in [6.45, 7) is 3.49. The van der Waals surface area contributed by atoms with Gasteiger partial charge < -0.3 is 9.84 Å². The lowest BCUT2D eigenvalue weighted by atomic mass is 9.77. The largest absolute Gasteiger partial charge is 0.396 e. The van der Waals surface area contributed by atoms with E-state index in [4.69, 9.17) is 4.74 Å². The summed E-state index contributed by atoms with van der Waals surface area (Å²) in [4.78, 5) is 0. The summed E-state index contributed by atoms with van der Waals surface area (Å²) in [5.74, 6) is 1.85. The quantitative estimate of drug-likeness (QED) is 0.853. The van der Waals surface area contributed by atoms with E-state index >= 15 is 0 Å². The van der Waals surface area contributed by atoms with E-state index in [9.17, 15) is 5.11 Å². The Morgan fingerprint density at radius 2 is 1.74 bits per heavy atom. The zero-order valence-electron chi connectivity index (χ0n) is 14.5. The molecule has 0 amide bonds. The second kappa shape index (κ2) is 8.30. The summed E-state index contributed by atoms with van der Waals surface area (Å²) < 4.78 is 6.27. The number of aliphatic hydroxyl groups excluding tert-OH is 1. The number of hydrogen-bond acceptors (Lipinski definition) is 2. The number of ether oxygens (including phenoxy) is 1. The molecule has 1 saturated carbocycles. The fraction of sp³-hybridized carbons (Fsp3) is 0.714. The highest BCUT2D eigenvalue weighted by Gasteiger charge is 2.31. The second-order valence-corrected chi connectivity index (χ2v) is 7.60. The molecule has 0 bridgehead atoms. The number of rotatable bonds is 5. The lowest BCUT2D eigenvalue weighted by Crippen LogP contribution is -2.34. The van der Waals surface area contributed by atoms with Crippen LogP contribution >= 0.6 is 0 Å². The van der Waals surface area contributed by atoms with Gasteiger partial charge in [0.2, 0.25) is 0 Å². The minimum absolute atomic E-state index is 0.369. The van der Waals surface area contributed by atoms with Gasteiger partial charge in [0.1, 0.15) is 0 Å². The SMILES string of the molecule is CCCc1ccc(C2CCC(C3CCC(CO)CC3)OC2)cc1. The number of aliphatic hydroxyl groups is 1. The first-order chi connectivity index (χ1) is 11.3. The van der Waals surface area contributed by atoms with Crippen molar-refractivity contribution in [2.24, 2.45) is 11.8 Å². The Bertz CT molecular complexity index is 451. The molecular formula is C21H32O2. The monoisotopic (exact) mass is 316 g/mol. The molecule has 2 heteroatoms. The predicted octanol–water partition coefficient (Wildman–Crippen LogP) is 4.70. The molecule has 1 saturated heterocycles. The van der Waals surface area contributed by atoms with Crippen LogP contribution in [0, 0.1) is 11.8 Å². The van der Waals surface area contributed by atoms with Gasteiger partial charge in [-0.15, -0.1) is 0 Å². The predicted molar refractivity (Wildman–Crippen MR) is 94.7 cm³/mol. The van der Waals surface area contributed by atoms with Crippen LogP contribution in [-0.4, -0.2) is 24.4 Å². The van der Waals surface area contributed by atoms with Crippen molar-refractivity contribution < 1.29 is 9.84 Å². The van der Waals surface area contributed by atoms with Crippen LogP contribution < -0.4 is 0 Å². The topological polar surface area (TPSA) is 29.5 Å². The summed E-state index contributed by atoms with van der Waals surface area (Å²) in [6, 6.07) is 9.21. The number of aryl methyl sites for hydroxylation is 1. The van der Waals surface area contributed by atoms with E-state index in [2.05, 4.69) is 31.2 Å². The van der Waals surface area contributed by atoms with E-state index < -0.39 is 0 Å². The molecular weight excluding hydrogens is 284 g/mol. The third-order valence-electron chi connectivity index (χ3n) is 5.98. The Morgan fingerprint density at radius 3 is 2.30 bits per heavy atom. The molecule has 23 heavy (non-hydrogen) atoms. The maximum absolute atomic E-state index is 9.27. The van der Waals surface area contributed by atoms with Crippen LogP contribution in [0.5, 0.6) is 0 Å². The first kappa shape index (κ1) is 17.0. The zero-order chi connectivity index (χ0) is 16.1. The third kappa shape index (κ3) is 4.36. The molecule has 1 heterocycles. The molecule has 0 spiro atoms. The van der Waals surface area contributed by atoms with Crippen molar-refractivity contribution in [1.82, 2.24) is 0 Å². The van der Waals surface area contributed by atoms with Crippen molar-refractivity contribution in [2.45, 2.75) is 70.3 Å². The molecule has 128 valence electrons. The van der Waals surface area contributed by atoms with E-state index in [0.29, 0.717) is 24.5 Å². The van der Waals surface area contributed by atoms with Crippen LogP contribution in [0.3, 0.4) is 0 Å². The smallest absolute Gasteiger partial charge is 0.0603 e. The van der Waals surface area contributed by atoms with Crippen molar-refractivity contribution in [1.29, 1.82) is 0 Å². The standard InChI is InChI=1S/C21H32O2/c1-2-3-16-4-8-18(9-5-16)20-12-13-21(23-15-20)19-10-6-17(14-22)7-11-19/h4-5,8-9,17,19-22H,2-3,6-7,10-15H2,1H3. The first-order valence-electron chi connectivity index (χ1n) is 9.61. The highest BCUT2D eigenvalue weighted by atomic mass is 16.5. The van der Waals surface area contributed by atoms with Gasteiger partial charge in [-0.25, -0.2) is 0 Å². The van der Waals surface area contributed by atoms with Crippen molar-refractivity contribution >= 4 is 0 Å². The molecule has 1 aromatic carbocycles. The fourth-order valence-corrected chi connectivity index (χ4v) is 4.39. The second-order valence-electron chi connectivity index (χ2n) is 7.60. The lowest BCUT2D eigenvalue weighted by Gasteiger charge is -2.37. The van der Waals surface area contributed by atoms with E-state index in [1.807, 2.05) is 0 Å².